The van der Waals surface area contributed by atoms with E-state index < -0.39 is 0 Å². The first kappa shape index (κ1) is 20.1. The van der Waals surface area contributed by atoms with Gasteiger partial charge in [0, 0.05) is 32.0 Å². The van der Waals surface area contributed by atoms with Crippen molar-refractivity contribution in [3.63, 3.8) is 0 Å². The highest BCUT2D eigenvalue weighted by molar-refractivity contribution is 5.83. The number of fused-ring (bicyclic) bond motifs is 1. The molecule has 2 atom stereocenters. The number of ether oxygens (including phenoxy) is 3. The summed E-state index contributed by atoms with van der Waals surface area (Å²) in [6.45, 7) is 3.43. The number of rotatable bonds is 6. The van der Waals surface area contributed by atoms with Crippen molar-refractivity contribution in [3.8, 4) is 17.2 Å². The predicted octanol–water partition coefficient (Wildman–Crippen LogP) is 2.69. The van der Waals surface area contributed by atoms with Gasteiger partial charge in [-0.05, 0) is 35.4 Å². The molecular formula is C23H26N2O5. The predicted molar refractivity (Wildman–Crippen MR) is 111 cm³/mol. The van der Waals surface area contributed by atoms with Crippen molar-refractivity contribution >= 4 is 11.8 Å². The number of amides is 2. The van der Waals surface area contributed by atoms with Crippen LogP contribution in [0.3, 0.4) is 0 Å². The summed E-state index contributed by atoms with van der Waals surface area (Å²) >= 11 is 0. The van der Waals surface area contributed by atoms with Crippen molar-refractivity contribution in [1.82, 2.24) is 10.2 Å². The van der Waals surface area contributed by atoms with E-state index in [1.807, 2.05) is 49.4 Å². The van der Waals surface area contributed by atoms with Crippen molar-refractivity contribution in [2.75, 3.05) is 27.0 Å². The van der Waals surface area contributed by atoms with Crippen molar-refractivity contribution in [2.24, 2.45) is 5.92 Å². The third-order valence-corrected chi connectivity index (χ3v) is 5.76. The molecule has 2 aromatic rings. The molecule has 0 bridgehead atoms. The summed E-state index contributed by atoms with van der Waals surface area (Å²) in [5, 5.41) is 3.03. The number of methoxy groups -OCH3 is 1. The lowest BCUT2D eigenvalue weighted by atomic mass is 9.88. The van der Waals surface area contributed by atoms with Gasteiger partial charge >= 0.3 is 0 Å². The lowest BCUT2D eigenvalue weighted by molar-refractivity contribution is -0.130. The molecular weight excluding hydrogens is 384 g/mol. The molecule has 1 saturated heterocycles. The maximum atomic E-state index is 13.1. The molecule has 0 unspecified atom stereocenters. The molecule has 2 amide bonds. The summed E-state index contributed by atoms with van der Waals surface area (Å²) in [6, 6.07) is 13.4. The van der Waals surface area contributed by atoms with Crippen LogP contribution < -0.4 is 19.5 Å². The van der Waals surface area contributed by atoms with E-state index in [4.69, 9.17) is 14.2 Å². The van der Waals surface area contributed by atoms with Gasteiger partial charge in [-0.3, -0.25) is 9.59 Å². The molecule has 2 aliphatic rings. The number of carbonyl (C=O) groups is 2. The molecule has 2 heterocycles. The van der Waals surface area contributed by atoms with Crippen molar-refractivity contribution in [2.45, 2.75) is 25.8 Å². The smallest absolute Gasteiger partial charge is 0.231 e. The highest BCUT2D eigenvalue weighted by Gasteiger charge is 2.39. The summed E-state index contributed by atoms with van der Waals surface area (Å²) in [7, 11) is 1.62. The minimum Gasteiger partial charge on any atom is -0.497 e. The molecule has 0 radical (unpaired) electrons. The normalized spacial score (nSPS) is 19.6. The van der Waals surface area contributed by atoms with Crippen LogP contribution in [-0.2, 0) is 16.1 Å². The molecule has 0 spiro atoms. The van der Waals surface area contributed by atoms with E-state index in [1.165, 1.54) is 0 Å². The van der Waals surface area contributed by atoms with Gasteiger partial charge in [0.2, 0.25) is 18.6 Å². The van der Waals surface area contributed by atoms with Gasteiger partial charge in [-0.25, -0.2) is 0 Å². The molecule has 0 aromatic heterocycles. The number of likely N-dealkylation sites (tertiary alicyclic amines) is 1. The van der Waals surface area contributed by atoms with Crippen LogP contribution in [0.15, 0.2) is 42.5 Å². The van der Waals surface area contributed by atoms with Crippen LogP contribution in [0.2, 0.25) is 0 Å². The first-order valence-electron chi connectivity index (χ1n) is 10.2. The Kier molecular flexibility index (Phi) is 5.79. The summed E-state index contributed by atoms with van der Waals surface area (Å²) in [5.74, 6) is 1.83. The molecule has 2 aliphatic heterocycles. The molecule has 7 heteroatoms. The van der Waals surface area contributed by atoms with Gasteiger partial charge < -0.3 is 24.4 Å². The van der Waals surface area contributed by atoms with Crippen molar-refractivity contribution in [3.05, 3.63) is 53.6 Å². The third kappa shape index (κ3) is 4.06. The Morgan fingerprint density at radius 2 is 1.87 bits per heavy atom. The first-order chi connectivity index (χ1) is 14.6. The van der Waals surface area contributed by atoms with Gasteiger partial charge in [-0.15, -0.1) is 0 Å². The van der Waals surface area contributed by atoms with Crippen LogP contribution in [0.25, 0.3) is 0 Å². The highest BCUT2D eigenvalue weighted by atomic mass is 16.7. The lowest BCUT2D eigenvalue weighted by Crippen LogP contribution is -2.35. The Morgan fingerprint density at radius 3 is 2.60 bits per heavy atom. The molecule has 1 N–H and O–H groups in total. The zero-order valence-corrected chi connectivity index (χ0v) is 17.2. The Bertz CT molecular complexity index is 928. The average Bonchev–Trinajstić information content (AvgIpc) is 3.44. The summed E-state index contributed by atoms with van der Waals surface area (Å²) in [5.41, 5.74) is 1.97. The number of benzene rings is 2. The maximum Gasteiger partial charge on any atom is 0.231 e. The van der Waals surface area contributed by atoms with Crippen LogP contribution >= 0.6 is 0 Å². The molecule has 1 fully saturated rings. The summed E-state index contributed by atoms with van der Waals surface area (Å²) in [6.07, 6.45) is 0.431. The second kappa shape index (κ2) is 8.65. The fourth-order valence-corrected chi connectivity index (χ4v) is 4.06. The van der Waals surface area contributed by atoms with E-state index in [-0.39, 0.29) is 30.4 Å². The second-order valence-corrected chi connectivity index (χ2v) is 7.54. The van der Waals surface area contributed by atoms with Crippen molar-refractivity contribution in [1.29, 1.82) is 0 Å². The van der Waals surface area contributed by atoms with Crippen LogP contribution in [0.1, 0.15) is 30.4 Å². The minimum absolute atomic E-state index is 0.0526. The summed E-state index contributed by atoms with van der Waals surface area (Å²) < 4.78 is 16.0. The van der Waals surface area contributed by atoms with Crippen LogP contribution in [0, 0.1) is 5.92 Å². The maximum absolute atomic E-state index is 13.1. The molecule has 0 saturated carbocycles. The summed E-state index contributed by atoms with van der Waals surface area (Å²) in [4.78, 5) is 27.2. The monoisotopic (exact) mass is 410 g/mol. The van der Waals surface area contributed by atoms with Crippen LogP contribution in [0.5, 0.6) is 17.2 Å². The average molecular weight is 410 g/mol. The Hall–Kier alpha value is -3.22. The fourth-order valence-electron chi connectivity index (χ4n) is 4.06. The van der Waals surface area contributed by atoms with Gasteiger partial charge in [-0.2, -0.15) is 0 Å². The number of hydrogen-bond donors (Lipinski definition) is 1. The Labute approximate surface area is 175 Å². The number of nitrogens with zero attached hydrogens (tertiary/aromatic N) is 1. The fraction of sp³-hybridized carbons (Fsp3) is 0.391. The van der Waals surface area contributed by atoms with E-state index in [0.29, 0.717) is 37.6 Å². The van der Waals surface area contributed by atoms with Crippen LogP contribution in [-0.4, -0.2) is 43.7 Å². The first-order valence-corrected chi connectivity index (χ1v) is 10.2. The largest absolute Gasteiger partial charge is 0.497 e. The van der Waals surface area contributed by atoms with Crippen molar-refractivity contribution < 1.29 is 23.8 Å². The third-order valence-electron chi connectivity index (χ3n) is 5.76. The molecule has 7 nitrogen and oxygen atoms in total. The molecule has 0 aliphatic carbocycles. The van der Waals surface area contributed by atoms with Gasteiger partial charge in [0.1, 0.15) is 5.75 Å². The second-order valence-electron chi connectivity index (χ2n) is 7.54. The van der Waals surface area contributed by atoms with Crippen LogP contribution in [0.4, 0.5) is 0 Å². The lowest BCUT2D eigenvalue weighted by Gasteiger charge is -2.18. The molecule has 30 heavy (non-hydrogen) atoms. The van der Waals surface area contributed by atoms with E-state index in [1.54, 1.807) is 12.0 Å². The molecule has 158 valence electrons. The van der Waals surface area contributed by atoms with Gasteiger partial charge in [-0.1, -0.05) is 25.1 Å². The molecule has 2 aromatic carbocycles. The zero-order valence-electron chi connectivity index (χ0n) is 17.2. The number of nitrogens with one attached hydrogen (secondary N) is 1. The SMILES string of the molecule is CCC(=O)N1C[C@H](C(=O)NCc2ccc3c(c2)OCO3)[C@H](c2ccc(OC)cc2)C1. The number of hydrogen-bond acceptors (Lipinski definition) is 5. The van der Waals surface area contributed by atoms with E-state index in [9.17, 15) is 9.59 Å². The topological polar surface area (TPSA) is 77.1 Å². The van der Waals surface area contributed by atoms with Gasteiger partial charge in [0.25, 0.3) is 0 Å². The standard InChI is InChI=1S/C23H26N2O5/c1-3-22(26)25-12-18(16-5-7-17(28-2)8-6-16)19(13-25)23(27)24-11-15-4-9-20-21(10-15)30-14-29-20/h4-10,18-19H,3,11-14H2,1-2H3,(H,24,27)/t18-,19-/m0/s1. The van der Waals surface area contributed by atoms with Gasteiger partial charge in [0.05, 0.1) is 13.0 Å². The van der Waals surface area contributed by atoms with E-state index in [2.05, 4.69) is 5.32 Å². The molecule has 4 rings (SSSR count). The Morgan fingerprint density at radius 1 is 1.10 bits per heavy atom. The minimum atomic E-state index is -0.303. The van der Waals surface area contributed by atoms with Gasteiger partial charge in [0.15, 0.2) is 11.5 Å². The number of carbonyl (C=O) groups excluding carboxylic acids is 2. The van der Waals surface area contributed by atoms with E-state index in [0.717, 1.165) is 16.9 Å². The Balaban J connectivity index is 1.48. The highest BCUT2D eigenvalue weighted by Crippen LogP contribution is 2.35. The quantitative estimate of drug-likeness (QED) is 0.792. The van der Waals surface area contributed by atoms with E-state index >= 15 is 0 Å². The zero-order chi connectivity index (χ0) is 21.1.